The molecule has 1 aromatic rings. The Hall–Kier alpha value is -0.0500. The quantitative estimate of drug-likeness (QED) is 0.818. The Balaban J connectivity index is 2.24. The lowest BCUT2D eigenvalue weighted by Gasteiger charge is -2.24. The number of hydrogen-bond donors (Lipinski definition) is 1. The number of benzene rings is 1. The zero-order valence-electron chi connectivity index (χ0n) is 7.89. The van der Waals surface area contributed by atoms with Crippen LogP contribution in [0.25, 0.3) is 0 Å². The van der Waals surface area contributed by atoms with Gasteiger partial charge in [0.25, 0.3) is 0 Å². The number of halogens is 2. The lowest BCUT2D eigenvalue weighted by atomic mass is 9.98. The standard InChI is InChI=1S/C11H13BrClN/c12-8-4-5-10(13)9(7-8)11-3-1-2-6-14-11/h4-5,7,11,14H,1-3,6H2. The lowest BCUT2D eigenvalue weighted by Crippen LogP contribution is -2.26. The van der Waals surface area contributed by atoms with E-state index in [1.165, 1.54) is 24.8 Å². The van der Waals surface area contributed by atoms with Crippen LogP contribution in [0.15, 0.2) is 22.7 Å². The van der Waals surface area contributed by atoms with Crippen LogP contribution in [-0.4, -0.2) is 6.54 Å². The van der Waals surface area contributed by atoms with Crippen molar-refractivity contribution in [2.45, 2.75) is 25.3 Å². The molecule has 1 aromatic carbocycles. The van der Waals surface area contributed by atoms with E-state index in [1.54, 1.807) is 0 Å². The molecule has 0 amide bonds. The van der Waals surface area contributed by atoms with Gasteiger partial charge in [-0.1, -0.05) is 34.0 Å². The van der Waals surface area contributed by atoms with Crippen LogP contribution in [0.4, 0.5) is 0 Å². The van der Waals surface area contributed by atoms with E-state index in [9.17, 15) is 0 Å². The molecule has 0 aliphatic carbocycles. The van der Waals surface area contributed by atoms with E-state index in [0.717, 1.165) is 16.0 Å². The average Bonchev–Trinajstić information content (AvgIpc) is 2.23. The minimum atomic E-state index is 0.439. The maximum atomic E-state index is 6.17. The Kier molecular flexibility index (Phi) is 3.47. The summed E-state index contributed by atoms with van der Waals surface area (Å²) in [4.78, 5) is 0. The SMILES string of the molecule is Clc1ccc(Br)cc1C1CCCCN1. The molecule has 14 heavy (non-hydrogen) atoms. The minimum Gasteiger partial charge on any atom is -0.310 e. The molecule has 1 unspecified atom stereocenters. The molecule has 1 fully saturated rings. The fourth-order valence-electron chi connectivity index (χ4n) is 1.90. The Morgan fingerprint density at radius 3 is 2.93 bits per heavy atom. The monoisotopic (exact) mass is 273 g/mol. The summed E-state index contributed by atoms with van der Waals surface area (Å²) in [6.07, 6.45) is 3.76. The van der Waals surface area contributed by atoms with Crippen LogP contribution in [0.5, 0.6) is 0 Å². The molecule has 0 spiro atoms. The highest BCUT2D eigenvalue weighted by Crippen LogP contribution is 2.30. The van der Waals surface area contributed by atoms with Gasteiger partial charge in [-0.2, -0.15) is 0 Å². The molecule has 1 aliphatic heterocycles. The third-order valence-electron chi connectivity index (χ3n) is 2.64. The molecule has 1 aliphatic rings. The Morgan fingerprint density at radius 2 is 2.21 bits per heavy atom. The highest BCUT2D eigenvalue weighted by atomic mass is 79.9. The van der Waals surface area contributed by atoms with Gasteiger partial charge in [-0.05, 0) is 43.1 Å². The van der Waals surface area contributed by atoms with Gasteiger partial charge in [-0.15, -0.1) is 0 Å². The van der Waals surface area contributed by atoms with E-state index < -0.39 is 0 Å². The van der Waals surface area contributed by atoms with Crippen molar-refractivity contribution in [2.24, 2.45) is 0 Å². The predicted molar refractivity (Wildman–Crippen MR) is 63.7 cm³/mol. The summed E-state index contributed by atoms with van der Waals surface area (Å²) < 4.78 is 1.10. The first kappa shape index (κ1) is 10.5. The molecule has 2 rings (SSSR count). The summed E-state index contributed by atoms with van der Waals surface area (Å²) in [7, 11) is 0. The fraction of sp³-hybridized carbons (Fsp3) is 0.455. The summed E-state index contributed by atoms with van der Waals surface area (Å²) in [6, 6.07) is 6.49. The van der Waals surface area contributed by atoms with Crippen molar-refractivity contribution in [1.82, 2.24) is 5.32 Å². The van der Waals surface area contributed by atoms with Crippen LogP contribution >= 0.6 is 27.5 Å². The van der Waals surface area contributed by atoms with Crippen molar-refractivity contribution >= 4 is 27.5 Å². The third-order valence-corrected chi connectivity index (χ3v) is 3.48. The highest BCUT2D eigenvalue weighted by molar-refractivity contribution is 9.10. The van der Waals surface area contributed by atoms with Gasteiger partial charge in [0.2, 0.25) is 0 Å². The molecular formula is C11H13BrClN. The molecule has 76 valence electrons. The summed E-state index contributed by atoms with van der Waals surface area (Å²) in [5.74, 6) is 0. The molecule has 1 N–H and O–H groups in total. The Morgan fingerprint density at radius 1 is 1.36 bits per heavy atom. The molecule has 1 atom stereocenters. The number of piperidine rings is 1. The summed E-state index contributed by atoms with van der Waals surface area (Å²) in [5, 5.41) is 4.37. The van der Waals surface area contributed by atoms with Gasteiger partial charge < -0.3 is 5.32 Å². The van der Waals surface area contributed by atoms with Crippen molar-refractivity contribution in [3.8, 4) is 0 Å². The summed E-state index contributed by atoms with van der Waals surface area (Å²) in [6.45, 7) is 1.10. The average molecular weight is 275 g/mol. The van der Waals surface area contributed by atoms with Crippen LogP contribution < -0.4 is 5.32 Å². The molecule has 3 heteroatoms. The molecular weight excluding hydrogens is 261 g/mol. The number of hydrogen-bond acceptors (Lipinski definition) is 1. The first-order valence-electron chi connectivity index (χ1n) is 4.96. The number of rotatable bonds is 1. The fourth-order valence-corrected chi connectivity index (χ4v) is 2.53. The van der Waals surface area contributed by atoms with Crippen molar-refractivity contribution in [2.75, 3.05) is 6.54 Å². The topological polar surface area (TPSA) is 12.0 Å². The van der Waals surface area contributed by atoms with Crippen LogP contribution in [0.3, 0.4) is 0 Å². The van der Waals surface area contributed by atoms with Gasteiger partial charge in [0.05, 0.1) is 0 Å². The van der Waals surface area contributed by atoms with E-state index in [-0.39, 0.29) is 0 Å². The van der Waals surface area contributed by atoms with Gasteiger partial charge in [0.1, 0.15) is 0 Å². The Labute approximate surface area is 98.0 Å². The van der Waals surface area contributed by atoms with Crippen molar-refractivity contribution in [3.63, 3.8) is 0 Å². The van der Waals surface area contributed by atoms with Crippen molar-refractivity contribution in [3.05, 3.63) is 33.3 Å². The predicted octanol–water partition coefficient (Wildman–Crippen LogP) is 3.92. The van der Waals surface area contributed by atoms with Gasteiger partial charge >= 0.3 is 0 Å². The normalized spacial score (nSPS) is 22.3. The van der Waals surface area contributed by atoms with E-state index in [0.29, 0.717) is 6.04 Å². The van der Waals surface area contributed by atoms with Gasteiger partial charge in [0, 0.05) is 15.5 Å². The molecule has 1 nitrogen and oxygen atoms in total. The van der Waals surface area contributed by atoms with E-state index in [2.05, 4.69) is 27.3 Å². The van der Waals surface area contributed by atoms with E-state index >= 15 is 0 Å². The first-order chi connectivity index (χ1) is 6.77. The first-order valence-corrected chi connectivity index (χ1v) is 6.13. The number of nitrogens with one attached hydrogen (secondary N) is 1. The zero-order chi connectivity index (χ0) is 9.97. The second-order valence-corrected chi connectivity index (χ2v) is 4.99. The van der Waals surface area contributed by atoms with E-state index in [4.69, 9.17) is 11.6 Å². The van der Waals surface area contributed by atoms with Gasteiger partial charge in [0.15, 0.2) is 0 Å². The highest BCUT2D eigenvalue weighted by Gasteiger charge is 2.17. The molecule has 0 radical (unpaired) electrons. The molecule has 0 bridgehead atoms. The molecule has 1 heterocycles. The zero-order valence-corrected chi connectivity index (χ0v) is 10.2. The second kappa shape index (κ2) is 4.65. The molecule has 1 saturated heterocycles. The maximum Gasteiger partial charge on any atom is 0.0454 e. The van der Waals surface area contributed by atoms with Crippen LogP contribution in [0, 0.1) is 0 Å². The van der Waals surface area contributed by atoms with Gasteiger partial charge in [-0.25, -0.2) is 0 Å². The van der Waals surface area contributed by atoms with Crippen LogP contribution in [0.2, 0.25) is 5.02 Å². The molecule has 0 saturated carbocycles. The second-order valence-electron chi connectivity index (χ2n) is 3.67. The largest absolute Gasteiger partial charge is 0.310 e. The van der Waals surface area contributed by atoms with Crippen molar-refractivity contribution in [1.29, 1.82) is 0 Å². The lowest BCUT2D eigenvalue weighted by molar-refractivity contribution is 0.412. The maximum absolute atomic E-state index is 6.17. The molecule has 0 aromatic heterocycles. The third kappa shape index (κ3) is 2.30. The Bertz CT molecular complexity index is 321. The minimum absolute atomic E-state index is 0.439. The van der Waals surface area contributed by atoms with E-state index in [1.807, 2.05) is 12.1 Å². The van der Waals surface area contributed by atoms with Crippen LogP contribution in [-0.2, 0) is 0 Å². The van der Waals surface area contributed by atoms with Crippen molar-refractivity contribution < 1.29 is 0 Å². The summed E-state index contributed by atoms with van der Waals surface area (Å²) >= 11 is 9.65. The summed E-state index contributed by atoms with van der Waals surface area (Å²) in [5.41, 5.74) is 1.22. The van der Waals surface area contributed by atoms with Gasteiger partial charge in [-0.3, -0.25) is 0 Å². The smallest absolute Gasteiger partial charge is 0.0454 e. The van der Waals surface area contributed by atoms with Crippen LogP contribution in [0.1, 0.15) is 30.9 Å².